The normalized spacial score (nSPS) is 19.5. The highest BCUT2D eigenvalue weighted by Gasteiger charge is 2.42. The fraction of sp³-hybridized carbons (Fsp3) is 0.429. The molecule has 0 saturated carbocycles. The zero-order valence-electron chi connectivity index (χ0n) is 12.3. The third kappa shape index (κ3) is 3.95. The molecule has 2 aromatic rings. The number of hydrogen-bond donors (Lipinski definition) is 2. The van der Waals surface area contributed by atoms with Crippen LogP contribution in [0.3, 0.4) is 0 Å². The number of fused-ring (bicyclic) bond motifs is 1. The van der Waals surface area contributed by atoms with E-state index in [1.54, 1.807) is 18.2 Å². The Bertz CT molecular complexity index is 708. The Hall–Kier alpha value is -1.77. The lowest BCUT2D eigenvalue weighted by Crippen LogP contribution is -2.35. The van der Waals surface area contributed by atoms with Crippen LogP contribution in [0.4, 0.5) is 14.5 Å². The molecule has 2 heterocycles. The molecule has 1 atom stereocenters. The maximum absolute atomic E-state index is 13.1. The van der Waals surface area contributed by atoms with Gasteiger partial charge in [0.25, 0.3) is 5.92 Å². The summed E-state index contributed by atoms with van der Waals surface area (Å²) in [6, 6.07) is 4.03. The number of rotatable bonds is 4. The van der Waals surface area contributed by atoms with E-state index in [1.807, 2.05) is 0 Å². The van der Waals surface area contributed by atoms with Crippen molar-refractivity contribution in [3.05, 3.63) is 24.1 Å². The molecule has 23 heavy (non-hydrogen) atoms. The zero-order chi connectivity index (χ0) is 15.7. The molecule has 3 rings (SSSR count). The molecule has 1 aromatic carbocycles. The number of methoxy groups -OCH3 is 1. The van der Waals surface area contributed by atoms with Crippen molar-refractivity contribution >= 4 is 35.1 Å². The zero-order valence-corrected chi connectivity index (χ0v) is 13.1. The summed E-state index contributed by atoms with van der Waals surface area (Å²) < 4.78 is 36.6. The van der Waals surface area contributed by atoms with Gasteiger partial charge in [-0.15, -0.1) is 12.4 Å². The highest BCUT2D eigenvalue weighted by molar-refractivity contribution is 5.96. The predicted octanol–water partition coefficient (Wildman–Crippen LogP) is 2.33. The first kappa shape index (κ1) is 17.6. The molecule has 0 aliphatic carbocycles. The van der Waals surface area contributed by atoms with Gasteiger partial charge in [-0.1, -0.05) is 0 Å². The second-order valence-electron chi connectivity index (χ2n) is 5.21. The van der Waals surface area contributed by atoms with Crippen molar-refractivity contribution in [3.8, 4) is 0 Å². The Morgan fingerprint density at radius 1 is 1.57 bits per heavy atom. The van der Waals surface area contributed by atoms with Crippen molar-refractivity contribution in [2.75, 3.05) is 19.0 Å². The molecular weight excluding hydrogens is 332 g/mol. The largest absolute Gasteiger partial charge is 0.438 e. The molecule has 2 N–H and O–H groups in total. The van der Waals surface area contributed by atoms with E-state index in [2.05, 4.69) is 15.6 Å². The van der Waals surface area contributed by atoms with Crippen molar-refractivity contribution < 1.29 is 22.7 Å². The lowest BCUT2D eigenvalue weighted by Gasteiger charge is -2.11. The van der Waals surface area contributed by atoms with Gasteiger partial charge in [0.1, 0.15) is 12.1 Å². The number of oxazole rings is 1. The minimum absolute atomic E-state index is 0. The molecule has 9 heteroatoms. The number of aromatic nitrogens is 1. The molecule has 126 valence electrons. The summed E-state index contributed by atoms with van der Waals surface area (Å²) >= 11 is 0. The van der Waals surface area contributed by atoms with Crippen LogP contribution in [0, 0.1) is 0 Å². The van der Waals surface area contributed by atoms with Crippen LogP contribution in [-0.4, -0.2) is 36.5 Å². The van der Waals surface area contributed by atoms with Crippen LogP contribution in [-0.2, 0) is 16.1 Å². The minimum Gasteiger partial charge on any atom is -0.438 e. The summed E-state index contributed by atoms with van der Waals surface area (Å²) in [7, 11) is 1.53. The fourth-order valence-electron chi connectivity index (χ4n) is 2.37. The van der Waals surface area contributed by atoms with E-state index in [0.717, 1.165) is 0 Å². The monoisotopic (exact) mass is 347 g/mol. The average molecular weight is 348 g/mol. The van der Waals surface area contributed by atoms with E-state index in [0.29, 0.717) is 22.7 Å². The SMILES string of the molecule is COCc1nc2cc(NC(=O)C3CC(F)(F)CN3)ccc2o1.Cl. The van der Waals surface area contributed by atoms with E-state index >= 15 is 0 Å². The van der Waals surface area contributed by atoms with Gasteiger partial charge in [0.2, 0.25) is 11.8 Å². The highest BCUT2D eigenvalue weighted by Crippen LogP contribution is 2.26. The molecule has 0 bridgehead atoms. The van der Waals surface area contributed by atoms with Crippen LogP contribution in [0.25, 0.3) is 11.1 Å². The van der Waals surface area contributed by atoms with Crippen molar-refractivity contribution in [1.29, 1.82) is 0 Å². The molecule has 1 aliphatic heterocycles. The molecule has 1 aromatic heterocycles. The van der Waals surface area contributed by atoms with Crippen LogP contribution >= 0.6 is 12.4 Å². The number of alkyl halides is 2. The Morgan fingerprint density at radius 2 is 2.35 bits per heavy atom. The van der Waals surface area contributed by atoms with Gasteiger partial charge in [0.05, 0.1) is 12.6 Å². The van der Waals surface area contributed by atoms with Crippen molar-refractivity contribution in [3.63, 3.8) is 0 Å². The quantitative estimate of drug-likeness (QED) is 0.887. The van der Waals surface area contributed by atoms with E-state index < -0.39 is 30.8 Å². The number of amides is 1. The van der Waals surface area contributed by atoms with Crippen LogP contribution in [0.15, 0.2) is 22.6 Å². The average Bonchev–Trinajstić information content (AvgIpc) is 3.01. The number of nitrogens with one attached hydrogen (secondary N) is 2. The smallest absolute Gasteiger partial charge is 0.262 e. The van der Waals surface area contributed by atoms with Gasteiger partial charge in [0.15, 0.2) is 5.58 Å². The molecule has 1 aliphatic rings. The van der Waals surface area contributed by atoms with Gasteiger partial charge in [-0.2, -0.15) is 0 Å². The summed E-state index contributed by atoms with van der Waals surface area (Å²) in [5, 5.41) is 5.12. The highest BCUT2D eigenvalue weighted by atomic mass is 35.5. The molecule has 0 radical (unpaired) electrons. The summed E-state index contributed by atoms with van der Waals surface area (Å²) in [5.74, 6) is -2.90. The lowest BCUT2D eigenvalue weighted by atomic mass is 10.2. The molecular formula is C14H16ClF2N3O3. The van der Waals surface area contributed by atoms with Crippen molar-refractivity contribution in [2.45, 2.75) is 25.0 Å². The Labute approximate surface area is 137 Å². The number of hydrogen-bond acceptors (Lipinski definition) is 5. The fourth-order valence-corrected chi connectivity index (χ4v) is 2.37. The van der Waals surface area contributed by atoms with E-state index in [1.165, 1.54) is 7.11 Å². The second kappa shape index (κ2) is 6.77. The first-order chi connectivity index (χ1) is 10.5. The standard InChI is InChI=1S/C14H15F2N3O3.ClH/c1-21-6-12-19-9-4-8(2-3-11(9)22-12)18-13(20)10-5-14(15,16)7-17-10;/h2-4,10,17H,5-7H2,1H3,(H,18,20);1H. The number of anilines is 1. The molecule has 1 unspecified atom stereocenters. The second-order valence-corrected chi connectivity index (χ2v) is 5.21. The first-order valence-corrected chi connectivity index (χ1v) is 6.77. The van der Waals surface area contributed by atoms with Gasteiger partial charge in [-0.3, -0.25) is 10.1 Å². The molecule has 1 fully saturated rings. The molecule has 0 spiro atoms. The topological polar surface area (TPSA) is 76.4 Å². The van der Waals surface area contributed by atoms with Gasteiger partial charge < -0.3 is 14.5 Å². The van der Waals surface area contributed by atoms with Gasteiger partial charge in [0, 0.05) is 19.2 Å². The van der Waals surface area contributed by atoms with Crippen LogP contribution < -0.4 is 10.6 Å². The number of benzene rings is 1. The van der Waals surface area contributed by atoms with E-state index in [9.17, 15) is 13.6 Å². The Morgan fingerprint density at radius 3 is 3.00 bits per heavy atom. The maximum Gasteiger partial charge on any atom is 0.262 e. The van der Waals surface area contributed by atoms with Crippen LogP contribution in [0.5, 0.6) is 0 Å². The van der Waals surface area contributed by atoms with E-state index in [-0.39, 0.29) is 19.0 Å². The van der Waals surface area contributed by atoms with Crippen molar-refractivity contribution in [1.82, 2.24) is 10.3 Å². The summed E-state index contributed by atoms with van der Waals surface area (Å²) in [6.45, 7) is -0.231. The number of carbonyl (C=O) groups is 1. The molecule has 1 amide bonds. The Kier molecular flexibility index (Phi) is 5.18. The van der Waals surface area contributed by atoms with Gasteiger partial charge in [-0.25, -0.2) is 13.8 Å². The summed E-state index contributed by atoms with van der Waals surface area (Å²) in [5.41, 5.74) is 1.61. The number of halogens is 3. The van der Waals surface area contributed by atoms with Crippen molar-refractivity contribution in [2.24, 2.45) is 0 Å². The molecule has 1 saturated heterocycles. The summed E-state index contributed by atoms with van der Waals surface area (Å²) in [6.07, 6.45) is -0.497. The third-order valence-corrected chi connectivity index (χ3v) is 3.39. The summed E-state index contributed by atoms with van der Waals surface area (Å²) in [4.78, 5) is 16.2. The van der Waals surface area contributed by atoms with Crippen LogP contribution in [0.1, 0.15) is 12.3 Å². The first-order valence-electron chi connectivity index (χ1n) is 6.77. The van der Waals surface area contributed by atoms with Gasteiger partial charge >= 0.3 is 0 Å². The number of ether oxygens (including phenoxy) is 1. The minimum atomic E-state index is -2.84. The van der Waals surface area contributed by atoms with Crippen LogP contribution in [0.2, 0.25) is 0 Å². The van der Waals surface area contributed by atoms with E-state index in [4.69, 9.17) is 9.15 Å². The number of nitrogens with zero attached hydrogens (tertiary/aromatic N) is 1. The Balaban J connectivity index is 0.00000192. The molecule has 6 nitrogen and oxygen atoms in total. The third-order valence-electron chi connectivity index (χ3n) is 3.39. The van der Waals surface area contributed by atoms with Gasteiger partial charge in [-0.05, 0) is 18.2 Å². The lowest BCUT2D eigenvalue weighted by molar-refractivity contribution is -0.118. The maximum atomic E-state index is 13.1. The predicted molar refractivity (Wildman–Crippen MR) is 82.0 cm³/mol. The number of carbonyl (C=O) groups excluding carboxylic acids is 1.